The molecule has 3 nitrogen and oxygen atoms in total. The van der Waals surface area contributed by atoms with E-state index in [0.717, 1.165) is 5.56 Å². The minimum atomic E-state index is -0.0650. The number of carbonyl (C=O) groups is 1. The number of hydrazine groups is 1. The highest BCUT2D eigenvalue weighted by Crippen LogP contribution is 2.09. The van der Waals surface area contributed by atoms with Crippen molar-refractivity contribution in [1.82, 2.24) is 10.9 Å². The van der Waals surface area contributed by atoms with Gasteiger partial charge in [0.2, 0.25) is 5.91 Å². The lowest BCUT2D eigenvalue weighted by Gasteiger charge is -2.02. The molecule has 0 radical (unpaired) electrons. The maximum Gasteiger partial charge on any atom is 0.238 e. The fraction of sp³-hybridized carbons (Fsp3) is 0.222. The van der Waals surface area contributed by atoms with Crippen molar-refractivity contribution in [3.8, 4) is 0 Å². The van der Waals surface area contributed by atoms with E-state index in [2.05, 4.69) is 10.9 Å². The van der Waals surface area contributed by atoms with E-state index < -0.39 is 0 Å². The second kappa shape index (κ2) is 4.84. The smallest absolute Gasteiger partial charge is 0.238 e. The number of hydrogen-bond acceptors (Lipinski definition) is 2. The molecule has 0 aliphatic rings. The third-order valence-electron chi connectivity index (χ3n) is 1.54. The second-order valence-electron chi connectivity index (χ2n) is 2.60. The van der Waals surface area contributed by atoms with Crippen molar-refractivity contribution in [2.45, 2.75) is 6.42 Å². The molecule has 1 amide bonds. The first kappa shape index (κ1) is 10.0. The zero-order valence-electron chi connectivity index (χ0n) is 7.30. The Morgan fingerprint density at radius 2 is 2.00 bits per heavy atom. The molecule has 0 aliphatic carbocycles. The van der Waals surface area contributed by atoms with Gasteiger partial charge in [-0.05, 0) is 17.7 Å². The highest BCUT2D eigenvalue weighted by Gasteiger charge is 2.00. The van der Waals surface area contributed by atoms with Crippen LogP contribution in [-0.2, 0) is 11.2 Å². The van der Waals surface area contributed by atoms with Gasteiger partial charge in [-0.3, -0.25) is 10.2 Å². The molecule has 0 heterocycles. The zero-order valence-corrected chi connectivity index (χ0v) is 8.06. The van der Waals surface area contributed by atoms with Crippen molar-refractivity contribution in [3.05, 3.63) is 34.9 Å². The lowest BCUT2D eigenvalue weighted by atomic mass is 10.1. The summed E-state index contributed by atoms with van der Waals surface area (Å²) in [5.41, 5.74) is 6.00. The Morgan fingerprint density at radius 3 is 2.54 bits per heavy atom. The van der Waals surface area contributed by atoms with E-state index in [1.54, 1.807) is 19.2 Å². The summed E-state index contributed by atoms with van der Waals surface area (Å²) in [5.74, 6) is -0.0650. The fourth-order valence-electron chi connectivity index (χ4n) is 0.971. The fourth-order valence-corrected chi connectivity index (χ4v) is 1.10. The Morgan fingerprint density at radius 1 is 1.38 bits per heavy atom. The first-order chi connectivity index (χ1) is 6.22. The molecule has 0 aliphatic heterocycles. The summed E-state index contributed by atoms with van der Waals surface area (Å²) in [7, 11) is 1.65. The molecule has 0 spiro atoms. The standard InChI is InChI=1S/C9H11ClN2O/c1-11-12-9(13)6-7-2-4-8(10)5-3-7/h2-5,11H,6H2,1H3,(H,12,13). The van der Waals surface area contributed by atoms with E-state index in [0.29, 0.717) is 11.4 Å². The van der Waals surface area contributed by atoms with Gasteiger partial charge in [0.05, 0.1) is 6.42 Å². The van der Waals surface area contributed by atoms with Crippen molar-refractivity contribution in [2.24, 2.45) is 0 Å². The first-order valence-corrected chi connectivity index (χ1v) is 4.30. The summed E-state index contributed by atoms with van der Waals surface area (Å²) in [6.45, 7) is 0. The van der Waals surface area contributed by atoms with Crippen LogP contribution in [0.3, 0.4) is 0 Å². The van der Waals surface area contributed by atoms with Crippen LogP contribution in [0.2, 0.25) is 5.02 Å². The molecule has 70 valence electrons. The molecule has 1 aromatic carbocycles. The monoisotopic (exact) mass is 198 g/mol. The lowest BCUT2D eigenvalue weighted by Crippen LogP contribution is -2.35. The normalized spacial score (nSPS) is 9.69. The molecular formula is C9H11ClN2O. The van der Waals surface area contributed by atoms with Crippen LogP contribution in [0.1, 0.15) is 5.56 Å². The maximum atomic E-state index is 11.1. The molecule has 0 bridgehead atoms. The molecule has 0 aromatic heterocycles. The Balaban J connectivity index is 2.54. The van der Waals surface area contributed by atoms with Gasteiger partial charge < -0.3 is 0 Å². The zero-order chi connectivity index (χ0) is 9.68. The van der Waals surface area contributed by atoms with Crippen LogP contribution in [0, 0.1) is 0 Å². The first-order valence-electron chi connectivity index (χ1n) is 3.92. The summed E-state index contributed by atoms with van der Waals surface area (Å²) in [4.78, 5) is 11.1. The van der Waals surface area contributed by atoms with Crippen molar-refractivity contribution in [3.63, 3.8) is 0 Å². The van der Waals surface area contributed by atoms with Crippen LogP contribution in [0.5, 0.6) is 0 Å². The number of nitrogens with one attached hydrogen (secondary N) is 2. The van der Waals surface area contributed by atoms with Crippen LogP contribution < -0.4 is 10.9 Å². The maximum absolute atomic E-state index is 11.1. The largest absolute Gasteiger partial charge is 0.292 e. The Bertz CT molecular complexity index is 284. The van der Waals surface area contributed by atoms with Crippen molar-refractivity contribution in [2.75, 3.05) is 7.05 Å². The lowest BCUT2D eigenvalue weighted by molar-refractivity contribution is -0.121. The molecule has 4 heteroatoms. The van der Waals surface area contributed by atoms with Crippen molar-refractivity contribution in [1.29, 1.82) is 0 Å². The van der Waals surface area contributed by atoms with Crippen LogP contribution in [0.25, 0.3) is 0 Å². The third kappa shape index (κ3) is 3.44. The molecule has 0 fully saturated rings. The van der Waals surface area contributed by atoms with Gasteiger partial charge in [0.25, 0.3) is 0 Å². The molecule has 2 N–H and O–H groups in total. The quantitative estimate of drug-likeness (QED) is 0.716. The predicted molar refractivity (Wildman–Crippen MR) is 52.4 cm³/mol. The van der Waals surface area contributed by atoms with E-state index in [1.165, 1.54) is 0 Å². The van der Waals surface area contributed by atoms with Gasteiger partial charge in [0.1, 0.15) is 0 Å². The molecule has 0 unspecified atom stereocenters. The average Bonchev–Trinajstić information content (AvgIpc) is 2.09. The molecular weight excluding hydrogens is 188 g/mol. The number of hydrogen-bond donors (Lipinski definition) is 2. The number of amides is 1. The topological polar surface area (TPSA) is 41.1 Å². The van der Waals surface area contributed by atoms with Gasteiger partial charge in [-0.2, -0.15) is 0 Å². The summed E-state index contributed by atoms with van der Waals surface area (Å²) in [5, 5.41) is 0.678. The molecule has 1 rings (SSSR count). The molecule has 1 aromatic rings. The van der Waals surface area contributed by atoms with Gasteiger partial charge >= 0.3 is 0 Å². The van der Waals surface area contributed by atoms with Crippen LogP contribution >= 0.6 is 11.6 Å². The summed E-state index contributed by atoms with van der Waals surface area (Å²) in [6.07, 6.45) is 0.359. The summed E-state index contributed by atoms with van der Waals surface area (Å²) in [6, 6.07) is 7.20. The predicted octanol–water partition coefficient (Wildman–Crippen LogP) is 1.13. The van der Waals surface area contributed by atoms with Crippen LogP contribution in [-0.4, -0.2) is 13.0 Å². The SMILES string of the molecule is CNNC(=O)Cc1ccc(Cl)cc1. The van der Waals surface area contributed by atoms with Crippen molar-refractivity contribution >= 4 is 17.5 Å². The van der Waals surface area contributed by atoms with Gasteiger partial charge in [0, 0.05) is 12.1 Å². The van der Waals surface area contributed by atoms with Gasteiger partial charge in [0.15, 0.2) is 0 Å². The van der Waals surface area contributed by atoms with Gasteiger partial charge in [-0.25, -0.2) is 5.43 Å². The van der Waals surface area contributed by atoms with E-state index >= 15 is 0 Å². The van der Waals surface area contributed by atoms with E-state index in [9.17, 15) is 4.79 Å². The molecule has 0 atom stereocenters. The molecule has 13 heavy (non-hydrogen) atoms. The Kier molecular flexibility index (Phi) is 3.73. The van der Waals surface area contributed by atoms with Crippen LogP contribution in [0.15, 0.2) is 24.3 Å². The van der Waals surface area contributed by atoms with E-state index in [-0.39, 0.29) is 5.91 Å². The highest BCUT2D eigenvalue weighted by atomic mass is 35.5. The minimum Gasteiger partial charge on any atom is -0.292 e. The van der Waals surface area contributed by atoms with Crippen LogP contribution in [0.4, 0.5) is 0 Å². The molecule has 0 saturated carbocycles. The van der Waals surface area contributed by atoms with E-state index in [4.69, 9.17) is 11.6 Å². The Hall–Kier alpha value is -1.06. The number of rotatable bonds is 3. The minimum absolute atomic E-state index is 0.0650. The van der Waals surface area contributed by atoms with E-state index in [1.807, 2.05) is 12.1 Å². The third-order valence-corrected chi connectivity index (χ3v) is 1.79. The number of carbonyl (C=O) groups excluding carboxylic acids is 1. The second-order valence-corrected chi connectivity index (χ2v) is 3.04. The van der Waals surface area contributed by atoms with Gasteiger partial charge in [-0.15, -0.1) is 0 Å². The highest BCUT2D eigenvalue weighted by molar-refractivity contribution is 6.30. The summed E-state index contributed by atoms with van der Waals surface area (Å²) >= 11 is 5.70. The Labute approximate surface area is 82.1 Å². The molecule has 0 saturated heterocycles. The number of halogens is 1. The summed E-state index contributed by atoms with van der Waals surface area (Å²) < 4.78 is 0. The average molecular weight is 199 g/mol. The van der Waals surface area contributed by atoms with Crippen molar-refractivity contribution < 1.29 is 4.79 Å². The number of benzene rings is 1. The van der Waals surface area contributed by atoms with Gasteiger partial charge in [-0.1, -0.05) is 23.7 Å².